The molecule has 2 aromatic carbocycles. The lowest BCUT2D eigenvalue weighted by Crippen LogP contribution is -2.41. The average molecular weight is 701 g/mol. The standard InChI is InChI=1S/C36H34F6N4O4/c1-6-22-15-25(31-20(4)13-24(37)14-21(31)5)34(39)32(33(22)38)27(17-30(48)49)44-35(50)28(12-19(2)3)46-18-23(8-11-45-10-7-9-43-45)26(16-29(46)47)36(40,41)42/h1,7,9-10,13-16,18-19,27-28H,8,11-12,17H2,2-5H3,(H,44,50)(H,48,49)/t27-,28-/m1/s1. The Kier molecular flexibility index (Phi) is 11.3. The van der Waals surface area contributed by atoms with Gasteiger partial charge in [0.2, 0.25) is 5.91 Å². The van der Waals surface area contributed by atoms with E-state index >= 15 is 8.78 Å². The van der Waals surface area contributed by atoms with Gasteiger partial charge >= 0.3 is 12.1 Å². The summed E-state index contributed by atoms with van der Waals surface area (Å²) >= 11 is 0. The van der Waals surface area contributed by atoms with Crippen molar-refractivity contribution in [1.29, 1.82) is 0 Å². The number of alkyl halides is 3. The van der Waals surface area contributed by atoms with Crippen molar-refractivity contribution in [2.24, 2.45) is 5.92 Å². The number of pyridine rings is 1. The molecule has 0 aliphatic heterocycles. The van der Waals surface area contributed by atoms with Crippen molar-refractivity contribution in [2.45, 2.75) is 71.8 Å². The van der Waals surface area contributed by atoms with Gasteiger partial charge in [0.25, 0.3) is 5.56 Å². The molecule has 4 rings (SSSR count). The Bertz CT molecular complexity index is 1990. The van der Waals surface area contributed by atoms with Crippen LogP contribution in [0.5, 0.6) is 0 Å². The fraction of sp³-hybridized carbons (Fsp3) is 0.333. The minimum absolute atomic E-state index is 0.00935. The minimum Gasteiger partial charge on any atom is -0.481 e. The Labute approximate surface area is 283 Å². The van der Waals surface area contributed by atoms with Gasteiger partial charge in [-0.1, -0.05) is 19.8 Å². The highest BCUT2D eigenvalue weighted by Crippen LogP contribution is 2.38. The number of aliphatic carboxylic acids is 1. The van der Waals surface area contributed by atoms with Crippen LogP contribution < -0.4 is 10.9 Å². The molecule has 0 saturated heterocycles. The van der Waals surface area contributed by atoms with E-state index in [0.717, 1.165) is 29.0 Å². The van der Waals surface area contributed by atoms with E-state index in [2.05, 4.69) is 16.3 Å². The summed E-state index contributed by atoms with van der Waals surface area (Å²) < 4.78 is 90.7. The molecule has 2 aromatic heterocycles. The number of nitrogens with zero attached hydrogens (tertiary/aromatic N) is 3. The molecule has 14 heteroatoms. The number of carboxylic acids is 1. The summed E-state index contributed by atoms with van der Waals surface area (Å²) in [6.45, 7) is 6.34. The minimum atomic E-state index is -4.91. The first-order chi connectivity index (χ1) is 23.4. The fourth-order valence-corrected chi connectivity index (χ4v) is 6.01. The van der Waals surface area contributed by atoms with Gasteiger partial charge in [-0.2, -0.15) is 18.3 Å². The van der Waals surface area contributed by atoms with Crippen LogP contribution in [0.3, 0.4) is 0 Å². The van der Waals surface area contributed by atoms with Crippen LogP contribution in [0.15, 0.2) is 53.7 Å². The summed E-state index contributed by atoms with van der Waals surface area (Å²) in [5, 5.41) is 16.1. The summed E-state index contributed by atoms with van der Waals surface area (Å²) in [5.41, 5.74) is -3.62. The first-order valence-electron chi connectivity index (χ1n) is 15.5. The highest BCUT2D eigenvalue weighted by molar-refractivity contribution is 5.82. The fourth-order valence-electron chi connectivity index (χ4n) is 6.01. The predicted octanol–water partition coefficient (Wildman–Crippen LogP) is 6.91. The number of carbonyl (C=O) groups excluding carboxylic acids is 1. The Hall–Kier alpha value is -5.32. The number of nitrogens with one attached hydrogen (secondary N) is 1. The number of carboxylic acid groups (broad SMARTS) is 1. The topological polar surface area (TPSA) is 106 Å². The van der Waals surface area contributed by atoms with E-state index in [1.165, 1.54) is 24.7 Å². The third kappa shape index (κ3) is 8.27. The van der Waals surface area contributed by atoms with Crippen LogP contribution in [0, 0.1) is 49.6 Å². The number of hydrogen-bond acceptors (Lipinski definition) is 4. The van der Waals surface area contributed by atoms with Crippen molar-refractivity contribution in [1.82, 2.24) is 19.7 Å². The second-order valence-corrected chi connectivity index (χ2v) is 12.4. The number of carbonyl (C=O) groups is 2. The van der Waals surface area contributed by atoms with Crippen LogP contribution >= 0.6 is 0 Å². The van der Waals surface area contributed by atoms with E-state index in [4.69, 9.17) is 6.42 Å². The first kappa shape index (κ1) is 37.5. The maximum absolute atomic E-state index is 16.4. The van der Waals surface area contributed by atoms with Crippen molar-refractivity contribution in [3.8, 4) is 23.5 Å². The number of aryl methyl sites for hydroxylation is 4. The molecule has 2 atom stereocenters. The lowest BCUT2D eigenvalue weighted by molar-refractivity contribution is -0.139. The zero-order chi connectivity index (χ0) is 37.1. The highest BCUT2D eigenvalue weighted by Gasteiger charge is 2.36. The molecule has 0 spiro atoms. The Morgan fingerprint density at radius 2 is 1.72 bits per heavy atom. The normalized spacial score (nSPS) is 12.8. The number of hydrogen-bond donors (Lipinski definition) is 2. The molecular weight excluding hydrogens is 666 g/mol. The smallest absolute Gasteiger partial charge is 0.416 e. The third-order valence-electron chi connectivity index (χ3n) is 8.17. The van der Waals surface area contributed by atoms with Crippen molar-refractivity contribution in [2.75, 3.05) is 0 Å². The second kappa shape index (κ2) is 15.1. The molecule has 0 saturated carbocycles. The molecule has 0 aliphatic rings. The van der Waals surface area contributed by atoms with E-state index in [9.17, 15) is 37.1 Å². The van der Waals surface area contributed by atoms with E-state index in [0.29, 0.717) is 6.07 Å². The van der Waals surface area contributed by atoms with Gasteiger partial charge in [0, 0.05) is 42.3 Å². The van der Waals surface area contributed by atoms with Gasteiger partial charge in [0.05, 0.1) is 23.6 Å². The Balaban J connectivity index is 1.85. The van der Waals surface area contributed by atoms with Crippen molar-refractivity contribution >= 4 is 11.9 Å². The van der Waals surface area contributed by atoms with E-state index in [1.54, 1.807) is 26.1 Å². The summed E-state index contributed by atoms with van der Waals surface area (Å²) in [6.07, 6.45) is 3.14. The summed E-state index contributed by atoms with van der Waals surface area (Å²) in [6, 6.07) is 1.81. The molecule has 1 amide bonds. The summed E-state index contributed by atoms with van der Waals surface area (Å²) in [5.74, 6) is -4.09. The molecular formula is C36H34F6N4O4. The van der Waals surface area contributed by atoms with Crippen LogP contribution in [-0.2, 0) is 28.7 Å². The van der Waals surface area contributed by atoms with E-state index in [-0.39, 0.29) is 53.1 Å². The third-order valence-corrected chi connectivity index (χ3v) is 8.17. The molecule has 4 aromatic rings. The van der Waals surface area contributed by atoms with Crippen LogP contribution in [0.1, 0.15) is 72.2 Å². The van der Waals surface area contributed by atoms with Gasteiger partial charge in [-0.3, -0.25) is 19.1 Å². The maximum Gasteiger partial charge on any atom is 0.416 e. The monoisotopic (exact) mass is 700 g/mol. The SMILES string of the molecule is C#Cc1cc(-c2c(C)cc(F)cc2C)c(F)c([C@@H](CC(=O)O)NC(=O)[C@@H](CC(C)C)n2cc(CCn3cccn3)c(C(F)(F)F)cc2=O)c1F. The largest absolute Gasteiger partial charge is 0.481 e. The van der Waals surface area contributed by atoms with Gasteiger partial charge in [-0.25, -0.2) is 13.2 Å². The lowest BCUT2D eigenvalue weighted by atomic mass is 9.89. The molecule has 0 radical (unpaired) electrons. The predicted molar refractivity (Wildman–Crippen MR) is 172 cm³/mol. The maximum atomic E-state index is 16.4. The number of terminal acetylenes is 1. The van der Waals surface area contributed by atoms with Crippen LogP contribution in [0.4, 0.5) is 26.3 Å². The number of amides is 1. The van der Waals surface area contributed by atoms with Crippen LogP contribution in [0.2, 0.25) is 0 Å². The molecule has 0 bridgehead atoms. The second-order valence-electron chi connectivity index (χ2n) is 12.4. The van der Waals surface area contributed by atoms with Crippen LogP contribution in [0.25, 0.3) is 11.1 Å². The van der Waals surface area contributed by atoms with Gasteiger partial charge in [0.1, 0.15) is 23.5 Å². The van der Waals surface area contributed by atoms with Crippen molar-refractivity contribution < 1.29 is 41.0 Å². The van der Waals surface area contributed by atoms with Crippen LogP contribution in [-0.4, -0.2) is 31.3 Å². The Morgan fingerprint density at radius 1 is 1.06 bits per heavy atom. The van der Waals surface area contributed by atoms with Crippen molar-refractivity contribution in [3.63, 3.8) is 0 Å². The molecule has 2 N–H and O–H groups in total. The zero-order valence-corrected chi connectivity index (χ0v) is 27.5. The molecule has 50 heavy (non-hydrogen) atoms. The molecule has 8 nitrogen and oxygen atoms in total. The Morgan fingerprint density at radius 3 is 2.26 bits per heavy atom. The zero-order valence-electron chi connectivity index (χ0n) is 27.5. The first-order valence-corrected chi connectivity index (χ1v) is 15.5. The summed E-state index contributed by atoms with van der Waals surface area (Å²) in [4.78, 5) is 39.2. The average Bonchev–Trinajstić information content (AvgIpc) is 3.53. The molecule has 0 aliphatic carbocycles. The van der Waals surface area contributed by atoms with E-state index in [1.807, 2.05) is 0 Å². The molecule has 264 valence electrons. The molecule has 0 fully saturated rings. The van der Waals surface area contributed by atoms with Crippen molar-refractivity contribution in [3.05, 3.63) is 110 Å². The quantitative estimate of drug-likeness (QED) is 0.124. The van der Waals surface area contributed by atoms with Gasteiger partial charge in [0.15, 0.2) is 0 Å². The highest BCUT2D eigenvalue weighted by atomic mass is 19.4. The number of benzene rings is 2. The van der Waals surface area contributed by atoms with Gasteiger partial charge in [-0.05, 0) is 79.1 Å². The molecule has 2 heterocycles. The lowest BCUT2D eigenvalue weighted by Gasteiger charge is -2.27. The van der Waals surface area contributed by atoms with Gasteiger partial charge < -0.3 is 15.0 Å². The number of rotatable bonds is 12. The molecule has 0 unspecified atom stereocenters. The summed E-state index contributed by atoms with van der Waals surface area (Å²) in [7, 11) is 0. The van der Waals surface area contributed by atoms with E-state index < -0.39 is 76.3 Å². The number of halogens is 6. The number of aromatic nitrogens is 3. The van der Waals surface area contributed by atoms with Gasteiger partial charge in [-0.15, -0.1) is 6.42 Å².